The van der Waals surface area contributed by atoms with E-state index in [4.69, 9.17) is 5.11 Å². The third-order valence-electron chi connectivity index (χ3n) is 2.31. The standard InChI is InChI=1S/C12H15NO3/c1-12(2,11(15)16)8-13-10(14)9-6-4-3-5-7-9/h3-7H,8H2,1-2H3,(H,13,14)(H,15,16). The molecule has 0 saturated heterocycles. The smallest absolute Gasteiger partial charge is 0.310 e. The summed E-state index contributed by atoms with van der Waals surface area (Å²) in [5.74, 6) is -1.18. The van der Waals surface area contributed by atoms with Gasteiger partial charge in [-0.1, -0.05) is 18.2 Å². The predicted molar refractivity (Wildman–Crippen MR) is 60.2 cm³/mol. The quantitative estimate of drug-likeness (QED) is 0.810. The van der Waals surface area contributed by atoms with Crippen LogP contribution in [0.2, 0.25) is 0 Å². The third-order valence-corrected chi connectivity index (χ3v) is 2.31. The summed E-state index contributed by atoms with van der Waals surface area (Å²) in [6, 6.07) is 8.71. The molecular formula is C12H15NO3. The average molecular weight is 221 g/mol. The Balaban J connectivity index is 2.58. The molecule has 0 fully saturated rings. The van der Waals surface area contributed by atoms with Gasteiger partial charge in [-0.2, -0.15) is 0 Å². The lowest BCUT2D eigenvalue weighted by molar-refractivity contribution is -0.146. The number of carboxylic acid groups (broad SMARTS) is 1. The second kappa shape index (κ2) is 4.79. The van der Waals surface area contributed by atoms with Crippen LogP contribution in [-0.2, 0) is 4.79 Å². The summed E-state index contributed by atoms with van der Waals surface area (Å²) in [5, 5.41) is 11.5. The fourth-order valence-corrected chi connectivity index (χ4v) is 1.07. The minimum Gasteiger partial charge on any atom is -0.481 e. The number of benzene rings is 1. The van der Waals surface area contributed by atoms with Crippen LogP contribution < -0.4 is 5.32 Å². The highest BCUT2D eigenvalue weighted by Gasteiger charge is 2.27. The van der Waals surface area contributed by atoms with Crippen molar-refractivity contribution in [3.05, 3.63) is 35.9 Å². The molecular weight excluding hydrogens is 206 g/mol. The molecule has 86 valence electrons. The number of carbonyl (C=O) groups excluding carboxylic acids is 1. The normalized spacial score (nSPS) is 10.9. The number of hydrogen-bond acceptors (Lipinski definition) is 2. The Bertz CT molecular complexity index is 385. The first-order valence-corrected chi connectivity index (χ1v) is 5.00. The van der Waals surface area contributed by atoms with E-state index >= 15 is 0 Å². The molecule has 0 atom stereocenters. The molecule has 0 saturated carbocycles. The Morgan fingerprint density at radius 2 is 1.81 bits per heavy atom. The summed E-state index contributed by atoms with van der Waals surface area (Å²) in [6.07, 6.45) is 0. The maximum atomic E-state index is 11.6. The van der Waals surface area contributed by atoms with Crippen molar-refractivity contribution in [1.29, 1.82) is 0 Å². The van der Waals surface area contributed by atoms with Crippen LogP contribution >= 0.6 is 0 Å². The van der Waals surface area contributed by atoms with E-state index in [0.29, 0.717) is 5.56 Å². The summed E-state index contributed by atoms with van der Waals surface area (Å²) < 4.78 is 0. The van der Waals surface area contributed by atoms with Crippen LogP contribution in [0.4, 0.5) is 0 Å². The second-order valence-electron chi connectivity index (χ2n) is 4.24. The van der Waals surface area contributed by atoms with Crippen molar-refractivity contribution >= 4 is 11.9 Å². The van der Waals surface area contributed by atoms with Gasteiger partial charge in [0.25, 0.3) is 5.91 Å². The van der Waals surface area contributed by atoms with E-state index in [-0.39, 0.29) is 12.5 Å². The Morgan fingerprint density at radius 3 is 2.31 bits per heavy atom. The first-order valence-electron chi connectivity index (χ1n) is 5.00. The van der Waals surface area contributed by atoms with Gasteiger partial charge >= 0.3 is 5.97 Å². The van der Waals surface area contributed by atoms with Crippen LogP contribution in [0.15, 0.2) is 30.3 Å². The van der Waals surface area contributed by atoms with E-state index < -0.39 is 11.4 Å². The van der Waals surface area contributed by atoms with Crippen molar-refractivity contribution in [2.24, 2.45) is 5.41 Å². The molecule has 4 nitrogen and oxygen atoms in total. The lowest BCUT2D eigenvalue weighted by Crippen LogP contribution is -2.38. The fourth-order valence-electron chi connectivity index (χ4n) is 1.07. The number of hydrogen-bond donors (Lipinski definition) is 2. The first kappa shape index (κ1) is 12.2. The summed E-state index contributed by atoms with van der Waals surface area (Å²) in [4.78, 5) is 22.4. The lowest BCUT2D eigenvalue weighted by Gasteiger charge is -2.19. The zero-order valence-electron chi connectivity index (χ0n) is 9.36. The van der Waals surface area contributed by atoms with Crippen molar-refractivity contribution in [3.8, 4) is 0 Å². The van der Waals surface area contributed by atoms with E-state index in [9.17, 15) is 9.59 Å². The van der Waals surface area contributed by atoms with Crippen LogP contribution in [0.3, 0.4) is 0 Å². The summed E-state index contributed by atoms with van der Waals surface area (Å²) in [6.45, 7) is 3.25. The zero-order chi connectivity index (χ0) is 12.2. The van der Waals surface area contributed by atoms with Gasteiger partial charge in [-0.25, -0.2) is 0 Å². The molecule has 0 spiro atoms. The van der Waals surface area contributed by atoms with Gasteiger partial charge in [0, 0.05) is 12.1 Å². The minimum atomic E-state index is -0.954. The lowest BCUT2D eigenvalue weighted by atomic mass is 9.94. The Kier molecular flexibility index (Phi) is 3.66. The molecule has 0 heterocycles. The number of aliphatic carboxylic acids is 1. The second-order valence-corrected chi connectivity index (χ2v) is 4.24. The molecule has 1 rings (SSSR count). The topological polar surface area (TPSA) is 66.4 Å². The van der Waals surface area contributed by atoms with Crippen molar-refractivity contribution < 1.29 is 14.7 Å². The van der Waals surface area contributed by atoms with Crippen molar-refractivity contribution in [3.63, 3.8) is 0 Å². The van der Waals surface area contributed by atoms with E-state index in [2.05, 4.69) is 5.32 Å². The number of rotatable bonds is 4. The maximum Gasteiger partial charge on any atom is 0.310 e. The van der Waals surface area contributed by atoms with Crippen LogP contribution in [-0.4, -0.2) is 23.5 Å². The van der Waals surface area contributed by atoms with Gasteiger partial charge in [0.1, 0.15) is 0 Å². The highest BCUT2D eigenvalue weighted by molar-refractivity contribution is 5.94. The highest BCUT2D eigenvalue weighted by Crippen LogP contribution is 2.13. The Hall–Kier alpha value is -1.84. The number of carboxylic acids is 1. The van der Waals surface area contributed by atoms with Gasteiger partial charge in [-0.3, -0.25) is 9.59 Å². The van der Waals surface area contributed by atoms with Gasteiger partial charge in [0.15, 0.2) is 0 Å². The van der Waals surface area contributed by atoms with E-state index in [1.807, 2.05) is 6.07 Å². The molecule has 0 aliphatic rings. The van der Waals surface area contributed by atoms with Gasteiger partial charge < -0.3 is 10.4 Å². The Labute approximate surface area is 94.3 Å². The zero-order valence-corrected chi connectivity index (χ0v) is 9.36. The molecule has 1 aromatic rings. The molecule has 0 aliphatic carbocycles. The largest absolute Gasteiger partial charge is 0.481 e. The molecule has 16 heavy (non-hydrogen) atoms. The van der Waals surface area contributed by atoms with Crippen molar-refractivity contribution in [1.82, 2.24) is 5.32 Å². The average Bonchev–Trinajstić information content (AvgIpc) is 2.27. The van der Waals surface area contributed by atoms with E-state index in [1.165, 1.54) is 0 Å². The molecule has 0 bridgehead atoms. The molecule has 0 aliphatic heterocycles. The van der Waals surface area contributed by atoms with Gasteiger partial charge in [-0.05, 0) is 26.0 Å². The molecule has 0 aromatic heterocycles. The van der Waals surface area contributed by atoms with Crippen molar-refractivity contribution in [2.75, 3.05) is 6.54 Å². The van der Waals surface area contributed by atoms with Crippen molar-refractivity contribution in [2.45, 2.75) is 13.8 Å². The van der Waals surface area contributed by atoms with Crippen LogP contribution in [0, 0.1) is 5.41 Å². The Morgan fingerprint density at radius 1 is 1.25 bits per heavy atom. The van der Waals surface area contributed by atoms with Gasteiger partial charge in [0.05, 0.1) is 5.41 Å². The van der Waals surface area contributed by atoms with E-state index in [1.54, 1.807) is 38.1 Å². The molecule has 2 N–H and O–H groups in total. The van der Waals surface area contributed by atoms with E-state index in [0.717, 1.165) is 0 Å². The first-order chi connectivity index (χ1) is 7.43. The molecule has 0 radical (unpaired) electrons. The third kappa shape index (κ3) is 3.08. The molecule has 0 unspecified atom stereocenters. The van der Waals surface area contributed by atoms with Crippen LogP contribution in [0.5, 0.6) is 0 Å². The van der Waals surface area contributed by atoms with Crippen LogP contribution in [0.1, 0.15) is 24.2 Å². The summed E-state index contributed by atoms with van der Waals surface area (Å²) >= 11 is 0. The van der Waals surface area contributed by atoms with Crippen LogP contribution in [0.25, 0.3) is 0 Å². The predicted octanol–water partition coefficient (Wildman–Crippen LogP) is 1.53. The molecule has 1 amide bonds. The number of amides is 1. The van der Waals surface area contributed by atoms with Gasteiger partial charge in [0.2, 0.25) is 0 Å². The highest BCUT2D eigenvalue weighted by atomic mass is 16.4. The van der Waals surface area contributed by atoms with Gasteiger partial charge in [-0.15, -0.1) is 0 Å². The summed E-state index contributed by atoms with van der Waals surface area (Å²) in [7, 11) is 0. The number of nitrogens with one attached hydrogen (secondary N) is 1. The minimum absolute atomic E-state index is 0.107. The maximum absolute atomic E-state index is 11.6. The summed E-state index contributed by atoms with van der Waals surface area (Å²) in [5.41, 5.74) is -0.423. The fraction of sp³-hybridized carbons (Fsp3) is 0.333. The molecule has 1 aromatic carbocycles. The number of carbonyl (C=O) groups is 2. The molecule has 4 heteroatoms. The monoisotopic (exact) mass is 221 g/mol. The SMILES string of the molecule is CC(C)(CNC(=O)c1ccccc1)C(=O)O.